The van der Waals surface area contributed by atoms with Crippen LogP contribution in [0.5, 0.6) is 5.75 Å². The smallest absolute Gasteiger partial charge is 0.416 e. The van der Waals surface area contributed by atoms with Gasteiger partial charge in [0.2, 0.25) is 0 Å². The van der Waals surface area contributed by atoms with Crippen LogP contribution in [-0.4, -0.2) is 12.6 Å². The Balaban J connectivity index is 1.87. The van der Waals surface area contributed by atoms with E-state index in [2.05, 4.69) is 17.6 Å². The van der Waals surface area contributed by atoms with Gasteiger partial charge in [0.15, 0.2) is 0 Å². The minimum atomic E-state index is -4.40. The van der Waals surface area contributed by atoms with Crippen LogP contribution in [0.1, 0.15) is 25.3 Å². The van der Waals surface area contributed by atoms with E-state index in [1.54, 1.807) is 24.3 Å². The van der Waals surface area contributed by atoms with Crippen LogP contribution in [0.3, 0.4) is 0 Å². The van der Waals surface area contributed by atoms with Gasteiger partial charge < -0.3 is 15.4 Å². The quantitative estimate of drug-likeness (QED) is 0.672. The highest BCUT2D eigenvalue weighted by Crippen LogP contribution is 2.29. The molecule has 2 amide bonds. The molecule has 0 aliphatic carbocycles. The molecule has 7 heteroatoms. The van der Waals surface area contributed by atoms with Crippen molar-refractivity contribution in [3.05, 3.63) is 54.1 Å². The third-order valence-electron chi connectivity index (χ3n) is 3.35. The van der Waals surface area contributed by atoms with Crippen molar-refractivity contribution in [2.75, 3.05) is 17.2 Å². The highest BCUT2D eigenvalue weighted by atomic mass is 19.4. The minimum Gasteiger partial charge on any atom is -0.494 e. The van der Waals surface area contributed by atoms with E-state index in [4.69, 9.17) is 4.74 Å². The number of ether oxygens (including phenoxy) is 1. The Morgan fingerprint density at radius 3 is 1.96 bits per heavy atom. The Bertz CT molecular complexity index is 683. The fourth-order valence-corrected chi connectivity index (χ4v) is 2.00. The van der Waals surface area contributed by atoms with E-state index in [0.717, 1.165) is 25.0 Å². The molecule has 2 rings (SSSR count). The third kappa shape index (κ3) is 6.02. The van der Waals surface area contributed by atoms with E-state index >= 15 is 0 Å². The van der Waals surface area contributed by atoms with E-state index in [-0.39, 0.29) is 5.69 Å². The second kappa shape index (κ2) is 8.41. The summed E-state index contributed by atoms with van der Waals surface area (Å²) in [5.74, 6) is 0.710. The predicted molar refractivity (Wildman–Crippen MR) is 90.9 cm³/mol. The van der Waals surface area contributed by atoms with Crippen molar-refractivity contribution in [1.82, 2.24) is 0 Å². The zero-order valence-corrected chi connectivity index (χ0v) is 13.7. The molecule has 0 bridgehead atoms. The number of hydrogen-bond acceptors (Lipinski definition) is 2. The molecule has 0 atom stereocenters. The first-order valence-electron chi connectivity index (χ1n) is 7.86. The largest absolute Gasteiger partial charge is 0.494 e. The van der Waals surface area contributed by atoms with Crippen LogP contribution >= 0.6 is 0 Å². The van der Waals surface area contributed by atoms with Crippen LogP contribution in [0, 0.1) is 0 Å². The number of carbonyl (C=O) groups excluding carboxylic acids is 1. The Labute approximate surface area is 144 Å². The van der Waals surface area contributed by atoms with E-state index < -0.39 is 17.8 Å². The van der Waals surface area contributed by atoms with Crippen molar-refractivity contribution < 1.29 is 22.7 Å². The first-order valence-corrected chi connectivity index (χ1v) is 7.86. The SMILES string of the molecule is CCCCOc1ccc(NC(=O)Nc2ccc(C(F)(F)F)cc2)cc1. The maximum absolute atomic E-state index is 12.5. The molecule has 0 saturated heterocycles. The van der Waals surface area contributed by atoms with E-state index in [1.807, 2.05) is 0 Å². The summed E-state index contributed by atoms with van der Waals surface area (Å²) in [5.41, 5.74) is 0.0504. The van der Waals surface area contributed by atoms with Crippen molar-refractivity contribution >= 4 is 17.4 Å². The number of anilines is 2. The number of amides is 2. The summed E-state index contributed by atoms with van der Waals surface area (Å²) >= 11 is 0. The third-order valence-corrected chi connectivity index (χ3v) is 3.35. The zero-order valence-electron chi connectivity index (χ0n) is 13.7. The van der Waals surface area contributed by atoms with Crippen LogP contribution < -0.4 is 15.4 Å². The molecule has 25 heavy (non-hydrogen) atoms. The molecule has 0 aromatic heterocycles. The number of urea groups is 1. The number of nitrogens with one attached hydrogen (secondary N) is 2. The summed E-state index contributed by atoms with van der Waals surface area (Å²) in [7, 11) is 0. The van der Waals surface area contributed by atoms with E-state index in [9.17, 15) is 18.0 Å². The standard InChI is InChI=1S/C18H19F3N2O2/c1-2-3-12-25-16-10-8-15(9-11-16)23-17(24)22-14-6-4-13(5-7-14)18(19,20)21/h4-11H,2-3,12H2,1H3,(H2,22,23,24). The molecule has 0 heterocycles. The molecule has 0 saturated carbocycles. The maximum atomic E-state index is 12.5. The van der Waals surface area contributed by atoms with Crippen molar-refractivity contribution in [2.24, 2.45) is 0 Å². The first-order chi connectivity index (χ1) is 11.9. The lowest BCUT2D eigenvalue weighted by molar-refractivity contribution is -0.137. The second-order valence-electron chi connectivity index (χ2n) is 5.38. The summed E-state index contributed by atoms with van der Waals surface area (Å²) in [6.45, 7) is 2.71. The molecular formula is C18H19F3N2O2. The Morgan fingerprint density at radius 1 is 0.960 bits per heavy atom. The molecule has 0 unspecified atom stereocenters. The summed E-state index contributed by atoms with van der Waals surface area (Å²) in [6.07, 6.45) is -2.39. The highest BCUT2D eigenvalue weighted by molar-refractivity contribution is 5.99. The van der Waals surface area contributed by atoms with Crippen molar-refractivity contribution in [3.8, 4) is 5.75 Å². The maximum Gasteiger partial charge on any atom is 0.416 e. The van der Waals surface area contributed by atoms with Gasteiger partial charge in [0, 0.05) is 11.4 Å². The van der Waals surface area contributed by atoms with Crippen LogP contribution in [0.2, 0.25) is 0 Å². The van der Waals surface area contributed by atoms with Crippen LogP contribution in [0.15, 0.2) is 48.5 Å². The van der Waals surface area contributed by atoms with Crippen molar-refractivity contribution in [3.63, 3.8) is 0 Å². The van der Waals surface area contributed by atoms with E-state index in [1.165, 1.54) is 12.1 Å². The van der Waals surface area contributed by atoms with Gasteiger partial charge in [-0.2, -0.15) is 13.2 Å². The molecule has 4 nitrogen and oxygen atoms in total. The second-order valence-corrected chi connectivity index (χ2v) is 5.38. The highest BCUT2D eigenvalue weighted by Gasteiger charge is 2.29. The number of unbranched alkanes of at least 4 members (excludes halogenated alkanes) is 1. The average Bonchev–Trinajstić information content (AvgIpc) is 2.56. The molecule has 0 aliphatic heterocycles. The van der Waals surface area contributed by atoms with Gasteiger partial charge in [-0.05, 0) is 55.0 Å². The lowest BCUT2D eigenvalue weighted by Gasteiger charge is -2.10. The Hall–Kier alpha value is -2.70. The number of rotatable bonds is 6. The van der Waals surface area contributed by atoms with Gasteiger partial charge in [0.1, 0.15) is 5.75 Å². The van der Waals surface area contributed by atoms with E-state index in [0.29, 0.717) is 18.0 Å². The number of alkyl halides is 3. The number of benzene rings is 2. The van der Waals surface area contributed by atoms with Gasteiger partial charge in [0.25, 0.3) is 0 Å². The van der Waals surface area contributed by atoms with Gasteiger partial charge in [-0.15, -0.1) is 0 Å². The normalized spacial score (nSPS) is 11.0. The van der Waals surface area contributed by atoms with Crippen LogP contribution in [0.4, 0.5) is 29.3 Å². The van der Waals surface area contributed by atoms with Gasteiger partial charge >= 0.3 is 12.2 Å². The number of hydrogen-bond donors (Lipinski definition) is 2. The first kappa shape index (κ1) is 18.6. The monoisotopic (exact) mass is 352 g/mol. The molecule has 0 aliphatic rings. The molecular weight excluding hydrogens is 333 g/mol. The van der Waals surface area contributed by atoms with Crippen molar-refractivity contribution in [1.29, 1.82) is 0 Å². The molecule has 2 aromatic carbocycles. The predicted octanol–water partition coefficient (Wildman–Crippen LogP) is 5.53. The molecule has 2 N–H and O–H groups in total. The summed E-state index contributed by atoms with van der Waals surface area (Å²) in [4.78, 5) is 11.9. The Morgan fingerprint density at radius 2 is 1.48 bits per heavy atom. The average molecular weight is 352 g/mol. The molecule has 2 aromatic rings. The van der Waals surface area contributed by atoms with Gasteiger partial charge in [-0.25, -0.2) is 4.79 Å². The van der Waals surface area contributed by atoms with Crippen LogP contribution in [-0.2, 0) is 6.18 Å². The zero-order chi connectivity index (χ0) is 18.3. The fourth-order valence-electron chi connectivity index (χ4n) is 2.00. The number of halogens is 3. The number of carbonyl (C=O) groups is 1. The molecule has 0 spiro atoms. The topological polar surface area (TPSA) is 50.4 Å². The summed E-state index contributed by atoms with van der Waals surface area (Å²) < 4.78 is 43.0. The summed E-state index contributed by atoms with van der Waals surface area (Å²) in [5, 5.41) is 5.08. The van der Waals surface area contributed by atoms with Gasteiger partial charge in [-0.1, -0.05) is 13.3 Å². The molecule has 0 radical (unpaired) electrons. The molecule has 0 fully saturated rings. The van der Waals surface area contributed by atoms with Crippen molar-refractivity contribution in [2.45, 2.75) is 25.9 Å². The molecule has 134 valence electrons. The fraction of sp³-hybridized carbons (Fsp3) is 0.278. The van der Waals surface area contributed by atoms with Gasteiger partial charge in [0.05, 0.1) is 12.2 Å². The van der Waals surface area contributed by atoms with Gasteiger partial charge in [-0.3, -0.25) is 0 Å². The van der Waals surface area contributed by atoms with Crippen LogP contribution in [0.25, 0.3) is 0 Å². The Kier molecular flexibility index (Phi) is 6.27. The summed E-state index contributed by atoms with van der Waals surface area (Å²) in [6, 6.07) is 10.5. The lowest BCUT2D eigenvalue weighted by Crippen LogP contribution is -2.19. The lowest BCUT2D eigenvalue weighted by atomic mass is 10.2. The minimum absolute atomic E-state index is 0.269.